The van der Waals surface area contributed by atoms with Gasteiger partial charge in [0.25, 0.3) is 0 Å². The minimum atomic E-state index is -0.912. The first-order chi connectivity index (χ1) is 7.34. The zero-order valence-corrected chi connectivity index (χ0v) is 10.1. The van der Waals surface area contributed by atoms with Crippen molar-refractivity contribution in [2.75, 3.05) is 5.73 Å². The molecule has 0 bridgehead atoms. The fourth-order valence-corrected chi connectivity index (χ4v) is 1.52. The first-order valence-electron chi connectivity index (χ1n) is 3.92. The number of hydrogen-bond donors (Lipinski definition) is 3. The van der Waals surface area contributed by atoms with Crippen LogP contribution in [0.3, 0.4) is 0 Å². The molecule has 0 amide bonds. The number of halogens is 2. The lowest BCUT2D eigenvalue weighted by Crippen LogP contribution is -2.12. The van der Waals surface area contributed by atoms with Gasteiger partial charge in [-0.05, 0) is 33.0 Å². The number of nitrogens with two attached hydrogens (primary N) is 2. The van der Waals surface area contributed by atoms with Gasteiger partial charge < -0.3 is 21.0 Å². The summed E-state index contributed by atoms with van der Waals surface area (Å²) in [4.78, 5) is 9.44. The van der Waals surface area contributed by atoms with Crippen molar-refractivity contribution in [3.05, 3.63) is 43.1 Å². The van der Waals surface area contributed by atoms with E-state index in [0.29, 0.717) is 4.47 Å². The van der Waals surface area contributed by atoms with Crippen molar-refractivity contribution in [3.8, 4) is 0 Å². The van der Waals surface area contributed by atoms with Crippen molar-refractivity contribution < 1.29 is 10.0 Å². The third kappa shape index (κ3) is 2.37. The summed E-state index contributed by atoms with van der Waals surface area (Å²) in [5.41, 5.74) is 10.8. The van der Waals surface area contributed by atoms with Crippen molar-refractivity contribution in [1.82, 2.24) is 0 Å². The Morgan fingerprint density at radius 3 is 2.62 bits per heavy atom. The second-order valence-corrected chi connectivity index (χ2v) is 4.11. The monoisotopic (exact) mass is 307 g/mol. The van der Waals surface area contributed by atoms with E-state index in [9.17, 15) is 15.2 Å². The molecule has 0 spiro atoms. The number of hydrogen-bond acceptors (Lipinski definition) is 5. The smallest absolute Gasteiger partial charge is 0.356 e. The first kappa shape index (κ1) is 12.6. The number of rotatable bonds is 2. The summed E-state index contributed by atoms with van der Waals surface area (Å²) in [6.45, 7) is 0. The van der Waals surface area contributed by atoms with Gasteiger partial charge in [-0.2, -0.15) is 0 Å². The summed E-state index contributed by atoms with van der Waals surface area (Å²) >= 11 is 8.89. The Hall–Kier alpha value is -1.47. The highest BCUT2D eigenvalue weighted by Gasteiger charge is 2.17. The summed E-state index contributed by atoms with van der Waals surface area (Å²) in [6, 6.07) is 2.70. The zero-order chi connectivity index (χ0) is 12.5. The van der Waals surface area contributed by atoms with Crippen LogP contribution in [0.15, 0.2) is 22.4 Å². The average molecular weight is 309 g/mol. The molecule has 1 aromatic rings. The molecule has 16 heavy (non-hydrogen) atoms. The van der Waals surface area contributed by atoms with Gasteiger partial charge >= 0.3 is 5.82 Å². The minimum absolute atomic E-state index is 0.0161. The van der Waals surface area contributed by atoms with Crippen LogP contribution in [0.5, 0.6) is 0 Å². The Morgan fingerprint density at radius 2 is 2.12 bits per heavy atom. The van der Waals surface area contributed by atoms with E-state index in [1.807, 2.05) is 0 Å². The first-order valence-corrected chi connectivity index (χ1v) is 5.09. The maximum absolute atomic E-state index is 10.4. The molecule has 0 aromatic heterocycles. The Morgan fingerprint density at radius 1 is 1.56 bits per heavy atom. The fraction of sp³-hybridized carbons (Fsp3) is 0. The summed E-state index contributed by atoms with van der Waals surface area (Å²) in [5.74, 6) is -1.60. The molecule has 1 rings (SSSR count). The van der Waals surface area contributed by atoms with Crippen molar-refractivity contribution in [3.63, 3.8) is 0 Å². The molecule has 6 nitrogen and oxygen atoms in total. The zero-order valence-electron chi connectivity index (χ0n) is 7.78. The molecule has 0 unspecified atom stereocenters. The molecule has 0 saturated carbocycles. The number of nitrogen functional groups attached to an aromatic ring is 1. The molecule has 0 aliphatic heterocycles. The van der Waals surface area contributed by atoms with Crippen LogP contribution in [0.1, 0.15) is 5.56 Å². The normalized spacial score (nSPS) is 12.1. The Bertz CT molecular complexity index is 490. The third-order valence-electron chi connectivity index (χ3n) is 1.79. The maximum atomic E-state index is 10.4. The van der Waals surface area contributed by atoms with E-state index >= 15 is 0 Å². The number of aliphatic hydroxyl groups excluding tert-OH is 1. The molecule has 5 N–H and O–H groups in total. The van der Waals surface area contributed by atoms with E-state index in [1.165, 1.54) is 12.1 Å². The Labute approximate surface area is 104 Å². The van der Waals surface area contributed by atoms with E-state index < -0.39 is 16.5 Å². The number of aliphatic hydroxyl groups is 1. The molecule has 0 aliphatic rings. The van der Waals surface area contributed by atoms with Crippen LogP contribution in [0, 0.1) is 10.1 Å². The van der Waals surface area contributed by atoms with Crippen LogP contribution < -0.4 is 11.5 Å². The van der Waals surface area contributed by atoms with Crippen LogP contribution in [0.25, 0.3) is 5.76 Å². The van der Waals surface area contributed by atoms with Gasteiger partial charge in [0, 0.05) is 15.7 Å². The van der Waals surface area contributed by atoms with Crippen molar-refractivity contribution in [1.29, 1.82) is 0 Å². The molecule has 1 aromatic carbocycles. The highest BCUT2D eigenvalue weighted by Crippen LogP contribution is 2.31. The molecule has 86 valence electrons. The summed E-state index contributed by atoms with van der Waals surface area (Å²) in [5, 5.41) is 20.1. The van der Waals surface area contributed by atoms with E-state index in [4.69, 9.17) is 23.1 Å². The minimum Gasteiger partial charge on any atom is -0.501 e. The van der Waals surface area contributed by atoms with Crippen LogP contribution in [-0.2, 0) is 0 Å². The van der Waals surface area contributed by atoms with Gasteiger partial charge in [-0.1, -0.05) is 11.6 Å². The lowest BCUT2D eigenvalue weighted by atomic mass is 10.1. The Balaban J connectivity index is 3.40. The molecule has 0 aliphatic carbocycles. The summed E-state index contributed by atoms with van der Waals surface area (Å²) in [6.07, 6.45) is 0. The molecule has 0 radical (unpaired) electrons. The third-order valence-corrected chi connectivity index (χ3v) is 2.98. The number of nitro groups is 1. The van der Waals surface area contributed by atoms with E-state index in [-0.39, 0.29) is 16.3 Å². The highest BCUT2D eigenvalue weighted by molar-refractivity contribution is 9.10. The Kier molecular flexibility index (Phi) is 3.61. The standard InChI is InChI=1S/C8H7BrClN3O3/c9-4-2-6(11)3(1-5(4)10)7(14)8(12)13(15)16/h1-2,14H,11-12H2/b8-7-. The summed E-state index contributed by atoms with van der Waals surface area (Å²) in [7, 11) is 0. The predicted molar refractivity (Wildman–Crippen MR) is 64.3 cm³/mol. The topological polar surface area (TPSA) is 115 Å². The van der Waals surface area contributed by atoms with Gasteiger partial charge in [0.1, 0.15) is 0 Å². The molecule has 0 heterocycles. The van der Waals surface area contributed by atoms with Crippen LogP contribution in [0.2, 0.25) is 5.02 Å². The molecule has 8 heteroatoms. The maximum Gasteiger partial charge on any atom is 0.356 e. The van der Waals surface area contributed by atoms with Crippen molar-refractivity contribution >= 4 is 39.0 Å². The van der Waals surface area contributed by atoms with Gasteiger partial charge in [-0.25, -0.2) is 0 Å². The fourth-order valence-electron chi connectivity index (χ4n) is 0.992. The number of benzene rings is 1. The van der Waals surface area contributed by atoms with Crippen LogP contribution in [-0.4, -0.2) is 10.0 Å². The largest absolute Gasteiger partial charge is 0.501 e. The average Bonchev–Trinajstić information content (AvgIpc) is 2.21. The van der Waals surface area contributed by atoms with Crippen molar-refractivity contribution in [2.45, 2.75) is 0 Å². The lowest BCUT2D eigenvalue weighted by molar-refractivity contribution is -0.426. The van der Waals surface area contributed by atoms with Crippen molar-refractivity contribution in [2.24, 2.45) is 5.73 Å². The molecule has 0 saturated heterocycles. The molecular formula is C8H7BrClN3O3. The van der Waals surface area contributed by atoms with E-state index in [2.05, 4.69) is 15.9 Å². The lowest BCUT2D eigenvalue weighted by Gasteiger charge is -2.07. The molecule has 0 atom stereocenters. The van der Waals surface area contributed by atoms with Crippen LogP contribution >= 0.6 is 27.5 Å². The highest BCUT2D eigenvalue weighted by atomic mass is 79.9. The number of nitrogens with zero attached hydrogens (tertiary/aromatic N) is 1. The SMILES string of the molecule is N/C(=C(/O)c1cc(Cl)c(Br)cc1N)[N+](=O)[O-]. The van der Waals surface area contributed by atoms with Crippen LogP contribution in [0.4, 0.5) is 5.69 Å². The summed E-state index contributed by atoms with van der Waals surface area (Å²) < 4.78 is 0.517. The van der Waals surface area contributed by atoms with Gasteiger partial charge in [-0.15, -0.1) is 0 Å². The second-order valence-electron chi connectivity index (χ2n) is 2.84. The predicted octanol–water partition coefficient (Wildman–Crippen LogP) is 2.10. The molecule has 0 fully saturated rings. The van der Waals surface area contributed by atoms with Gasteiger partial charge in [0.05, 0.1) is 5.02 Å². The second kappa shape index (κ2) is 4.58. The van der Waals surface area contributed by atoms with E-state index in [0.717, 1.165) is 0 Å². The number of anilines is 1. The van der Waals surface area contributed by atoms with Gasteiger partial charge in [0.2, 0.25) is 5.76 Å². The van der Waals surface area contributed by atoms with E-state index in [1.54, 1.807) is 0 Å². The molecular weight excluding hydrogens is 301 g/mol. The quantitative estimate of drug-likeness (QED) is 0.335. The van der Waals surface area contributed by atoms with Gasteiger partial charge in [0.15, 0.2) is 0 Å². The van der Waals surface area contributed by atoms with Gasteiger partial charge in [-0.3, -0.25) is 5.73 Å².